The van der Waals surface area contributed by atoms with Crippen molar-refractivity contribution in [2.45, 2.75) is 11.8 Å². The number of rotatable bonds is 4. The van der Waals surface area contributed by atoms with E-state index in [1.807, 2.05) is 4.72 Å². The Morgan fingerprint density at radius 3 is 2.32 bits per heavy atom. The third kappa shape index (κ3) is 3.97. The van der Waals surface area contributed by atoms with Crippen molar-refractivity contribution in [1.82, 2.24) is 19.7 Å². The molecule has 28 heavy (non-hydrogen) atoms. The van der Waals surface area contributed by atoms with Crippen LogP contribution in [0, 0.1) is 6.92 Å². The first-order valence-electron chi connectivity index (χ1n) is 7.50. The van der Waals surface area contributed by atoms with E-state index in [0.717, 1.165) is 0 Å². The van der Waals surface area contributed by atoms with Crippen molar-refractivity contribution >= 4 is 62.3 Å². The summed E-state index contributed by atoms with van der Waals surface area (Å²) in [6.07, 6.45) is 0. The predicted molar refractivity (Wildman–Crippen MR) is 107 cm³/mol. The van der Waals surface area contributed by atoms with Crippen molar-refractivity contribution in [3.8, 4) is 5.69 Å². The fourth-order valence-corrected chi connectivity index (χ4v) is 4.42. The number of benzene rings is 2. The van der Waals surface area contributed by atoms with Gasteiger partial charge in [-0.3, -0.25) is 4.79 Å². The standard InChI is InChI=1S/C16H10Cl4N4O3S/c1-8-15(16(25)22-28(26,27)14-5-3-2-4-9(14)17)21-23-24(8)13-7-11(19)10(18)6-12(13)20/h2-7H,1H3,(H,22,25). The van der Waals surface area contributed by atoms with Crippen LogP contribution >= 0.6 is 46.4 Å². The molecule has 12 heteroatoms. The fourth-order valence-electron chi connectivity index (χ4n) is 2.33. The van der Waals surface area contributed by atoms with Crippen LogP contribution in [0.15, 0.2) is 41.3 Å². The number of hydrogen-bond acceptors (Lipinski definition) is 5. The van der Waals surface area contributed by atoms with Crippen molar-refractivity contribution in [2.24, 2.45) is 0 Å². The summed E-state index contributed by atoms with van der Waals surface area (Å²) in [5, 5.41) is 8.28. The van der Waals surface area contributed by atoms with Gasteiger partial charge < -0.3 is 0 Å². The molecule has 7 nitrogen and oxygen atoms in total. The number of hydrogen-bond donors (Lipinski definition) is 1. The molecule has 0 fully saturated rings. The molecule has 146 valence electrons. The minimum Gasteiger partial charge on any atom is -0.266 e. The highest BCUT2D eigenvalue weighted by Crippen LogP contribution is 2.31. The first-order valence-corrected chi connectivity index (χ1v) is 10.5. The number of nitrogens with zero attached hydrogens (tertiary/aromatic N) is 3. The van der Waals surface area contributed by atoms with E-state index in [2.05, 4.69) is 10.3 Å². The average molecular weight is 480 g/mol. The number of carbonyl (C=O) groups excluding carboxylic acids is 1. The lowest BCUT2D eigenvalue weighted by Crippen LogP contribution is -2.31. The van der Waals surface area contributed by atoms with E-state index in [1.165, 1.54) is 41.9 Å². The summed E-state index contributed by atoms with van der Waals surface area (Å²) in [5.74, 6) is -0.972. The molecule has 0 atom stereocenters. The van der Waals surface area contributed by atoms with Gasteiger partial charge in [-0.15, -0.1) is 5.10 Å². The maximum absolute atomic E-state index is 12.5. The smallest absolute Gasteiger partial charge is 0.266 e. The van der Waals surface area contributed by atoms with Crippen LogP contribution in [0.4, 0.5) is 0 Å². The molecule has 0 bridgehead atoms. The molecular formula is C16H10Cl4N4O3S. The summed E-state index contributed by atoms with van der Waals surface area (Å²) in [4.78, 5) is 12.3. The fraction of sp³-hybridized carbons (Fsp3) is 0.0625. The quantitative estimate of drug-likeness (QED) is 0.562. The Morgan fingerprint density at radius 2 is 1.64 bits per heavy atom. The van der Waals surface area contributed by atoms with Crippen LogP contribution in [0.25, 0.3) is 5.69 Å². The van der Waals surface area contributed by atoms with Crippen molar-refractivity contribution in [1.29, 1.82) is 0 Å². The Bertz CT molecular complexity index is 1190. The maximum atomic E-state index is 12.5. The minimum atomic E-state index is -4.20. The lowest BCUT2D eigenvalue weighted by Gasteiger charge is -2.09. The van der Waals surface area contributed by atoms with E-state index >= 15 is 0 Å². The van der Waals surface area contributed by atoms with Gasteiger partial charge in [-0.05, 0) is 31.2 Å². The van der Waals surface area contributed by atoms with E-state index in [-0.39, 0.29) is 36.4 Å². The summed E-state index contributed by atoms with van der Waals surface area (Å²) in [6.45, 7) is 1.52. The normalized spacial score (nSPS) is 11.5. The molecule has 0 radical (unpaired) electrons. The second kappa shape index (κ2) is 7.88. The molecule has 1 heterocycles. The summed E-state index contributed by atoms with van der Waals surface area (Å²) in [5.41, 5.74) is 0.360. The number of amides is 1. The lowest BCUT2D eigenvalue weighted by atomic mass is 10.3. The van der Waals surface area contributed by atoms with E-state index in [4.69, 9.17) is 46.4 Å². The first kappa shape index (κ1) is 20.9. The van der Waals surface area contributed by atoms with Crippen molar-refractivity contribution < 1.29 is 13.2 Å². The van der Waals surface area contributed by atoms with E-state index in [9.17, 15) is 13.2 Å². The molecular weight excluding hydrogens is 470 g/mol. The molecule has 0 aliphatic heterocycles. The third-order valence-corrected chi connectivity index (χ3v) is 6.54. The van der Waals surface area contributed by atoms with Crippen LogP contribution in [-0.4, -0.2) is 29.3 Å². The molecule has 1 N–H and O–H groups in total. The maximum Gasteiger partial charge on any atom is 0.287 e. The summed E-state index contributed by atoms with van der Waals surface area (Å²) < 4.78 is 28.0. The minimum absolute atomic E-state index is 0.0224. The van der Waals surface area contributed by atoms with Crippen molar-refractivity contribution in [2.75, 3.05) is 0 Å². The Hall–Kier alpha value is -1.84. The predicted octanol–water partition coefficient (Wildman–Crippen LogP) is 4.31. The number of halogens is 4. The van der Waals surface area contributed by atoms with Gasteiger partial charge in [-0.1, -0.05) is 63.7 Å². The highest BCUT2D eigenvalue weighted by molar-refractivity contribution is 7.90. The van der Waals surface area contributed by atoms with Crippen molar-refractivity contribution in [3.63, 3.8) is 0 Å². The zero-order valence-corrected chi connectivity index (χ0v) is 17.8. The second-order valence-electron chi connectivity index (χ2n) is 5.52. The molecule has 3 rings (SSSR count). The van der Waals surface area contributed by atoms with Gasteiger partial charge in [0.25, 0.3) is 15.9 Å². The van der Waals surface area contributed by atoms with Gasteiger partial charge in [0.1, 0.15) is 4.90 Å². The molecule has 3 aromatic rings. The summed E-state index contributed by atoms with van der Waals surface area (Å²) in [7, 11) is -4.20. The molecule has 1 aromatic heterocycles. The van der Waals surface area contributed by atoms with Gasteiger partial charge in [-0.2, -0.15) is 0 Å². The van der Waals surface area contributed by atoms with E-state index < -0.39 is 15.9 Å². The molecule has 0 saturated carbocycles. The van der Waals surface area contributed by atoms with Crippen LogP contribution in [0.2, 0.25) is 20.1 Å². The van der Waals surface area contributed by atoms with Crippen LogP contribution in [0.5, 0.6) is 0 Å². The number of carbonyl (C=O) groups is 1. The van der Waals surface area contributed by atoms with Gasteiger partial charge in [0.05, 0.1) is 31.5 Å². The molecule has 1 amide bonds. The molecule has 0 aliphatic carbocycles. The lowest BCUT2D eigenvalue weighted by molar-refractivity contribution is 0.0976. The zero-order chi connectivity index (χ0) is 20.6. The number of nitrogens with one attached hydrogen (secondary N) is 1. The molecule has 0 unspecified atom stereocenters. The van der Waals surface area contributed by atoms with E-state index in [0.29, 0.717) is 5.69 Å². The Balaban J connectivity index is 1.95. The monoisotopic (exact) mass is 478 g/mol. The van der Waals surface area contributed by atoms with Crippen LogP contribution in [-0.2, 0) is 10.0 Å². The van der Waals surface area contributed by atoms with Crippen LogP contribution in [0.3, 0.4) is 0 Å². The summed E-state index contributed by atoms with van der Waals surface area (Å²) in [6, 6.07) is 8.60. The van der Waals surface area contributed by atoms with Gasteiger partial charge in [-0.25, -0.2) is 17.8 Å². The SMILES string of the molecule is Cc1c(C(=O)NS(=O)(=O)c2ccccc2Cl)nnn1-c1cc(Cl)c(Cl)cc1Cl. The Morgan fingerprint density at radius 1 is 1.00 bits per heavy atom. The second-order valence-corrected chi connectivity index (χ2v) is 8.80. The molecule has 2 aromatic carbocycles. The van der Waals surface area contributed by atoms with Gasteiger partial charge >= 0.3 is 0 Å². The molecule has 0 saturated heterocycles. The third-order valence-electron chi connectivity index (χ3n) is 3.68. The number of sulfonamides is 1. The van der Waals surface area contributed by atoms with Gasteiger partial charge in [0, 0.05) is 0 Å². The largest absolute Gasteiger partial charge is 0.287 e. The molecule has 0 aliphatic rings. The average Bonchev–Trinajstić information content (AvgIpc) is 2.99. The number of aromatic nitrogens is 3. The van der Waals surface area contributed by atoms with E-state index in [1.54, 1.807) is 6.07 Å². The Kier molecular flexibility index (Phi) is 5.88. The Labute approximate surface area is 180 Å². The topological polar surface area (TPSA) is 93.9 Å². The van der Waals surface area contributed by atoms with Crippen molar-refractivity contribution in [3.05, 3.63) is 67.9 Å². The van der Waals surface area contributed by atoms with Gasteiger partial charge in [0.2, 0.25) is 0 Å². The first-order chi connectivity index (χ1) is 13.1. The summed E-state index contributed by atoms with van der Waals surface area (Å²) >= 11 is 24.0. The van der Waals surface area contributed by atoms with Gasteiger partial charge in [0.15, 0.2) is 5.69 Å². The highest BCUT2D eigenvalue weighted by Gasteiger charge is 2.25. The van der Waals surface area contributed by atoms with Crippen LogP contribution < -0.4 is 4.72 Å². The molecule has 0 spiro atoms. The van der Waals surface area contributed by atoms with Crippen LogP contribution in [0.1, 0.15) is 16.2 Å². The highest BCUT2D eigenvalue weighted by atomic mass is 35.5. The zero-order valence-electron chi connectivity index (χ0n) is 14.0.